The number of hydrogen-bond donors (Lipinski definition) is 1. The molecule has 0 aliphatic carbocycles. The molecule has 1 atom stereocenters. The van der Waals surface area contributed by atoms with Gasteiger partial charge in [-0.25, -0.2) is 0 Å². The molecule has 1 amide bonds. The van der Waals surface area contributed by atoms with Crippen LogP contribution in [0.4, 0.5) is 5.69 Å². The van der Waals surface area contributed by atoms with E-state index in [-0.39, 0.29) is 5.91 Å². The van der Waals surface area contributed by atoms with Gasteiger partial charge in [-0.15, -0.1) is 0 Å². The topological polar surface area (TPSA) is 68.2 Å². The van der Waals surface area contributed by atoms with E-state index >= 15 is 0 Å². The van der Waals surface area contributed by atoms with E-state index in [1.807, 2.05) is 0 Å². The van der Waals surface area contributed by atoms with Crippen molar-refractivity contribution in [1.82, 2.24) is 0 Å². The number of amides is 1. The number of aliphatic hydroxyl groups excluding tert-OH is 1. The molecule has 0 fully saturated rings. The Morgan fingerprint density at radius 2 is 1.76 bits per heavy atom. The molecule has 3 rings (SSSR count). The van der Waals surface area contributed by atoms with E-state index in [0.29, 0.717) is 47.0 Å². The van der Waals surface area contributed by atoms with Crippen LogP contribution in [-0.4, -0.2) is 38.9 Å². The Morgan fingerprint density at radius 3 is 2.36 bits per heavy atom. The standard InChI is InChI=1S/C19H21NO5/c1-23-12-7-8-14-13(11-12)15(21)9-10-20(14)19(22)18-16(24-2)5-4-6-17(18)25-3/h4-8,11,15,21H,9-10H2,1-3H3. The van der Waals surface area contributed by atoms with E-state index in [2.05, 4.69) is 0 Å². The highest BCUT2D eigenvalue weighted by Gasteiger charge is 2.31. The Balaban J connectivity index is 2.07. The first-order valence-electron chi connectivity index (χ1n) is 7.99. The van der Waals surface area contributed by atoms with Crippen molar-refractivity contribution in [2.45, 2.75) is 12.5 Å². The van der Waals surface area contributed by atoms with Gasteiger partial charge in [-0.3, -0.25) is 4.79 Å². The van der Waals surface area contributed by atoms with E-state index < -0.39 is 6.10 Å². The van der Waals surface area contributed by atoms with Gasteiger partial charge in [0.1, 0.15) is 22.8 Å². The third kappa shape index (κ3) is 3.00. The fourth-order valence-electron chi connectivity index (χ4n) is 3.11. The number of fused-ring (bicyclic) bond motifs is 1. The summed E-state index contributed by atoms with van der Waals surface area (Å²) in [4.78, 5) is 14.9. The monoisotopic (exact) mass is 343 g/mol. The Labute approximate surface area is 146 Å². The van der Waals surface area contributed by atoms with Gasteiger partial charge < -0.3 is 24.2 Å². The van der Waals surface area contributed by atoms with E-state index in [1.165, 1.54) is 14.2 Å². The van der Waals surface area contributed by atoms with Gasteiger partial charge >= 0.3 is 0 Å². The minimum absolute atomic E-state index is 0.229. The number of carbonyl (C=O) groups excluding carboxylic acids is 1. The molecular formula is C19H21NO5. The number of nitrogens with zero attached hydrogens (tertiary/aromatic N) is 1. The predicted octanol–water partition coefficient (Wildman–Crippen LogP) is 2.80. The molecule has 2 aromatic rings. The molecular weight excluding hydrogens is 322 g/mol. The molecule has 1 aliphatic heterocycles. The summed E-state index contributed by atoms with van der Waals surface area (Å²) >= 11 is 0. The van der Waals surface area contributed by atoms with E-state index in [0.717, 1.165) is 0 Å². The molecule has 1 aliphatic rings. The zero-order valence-electron chi connectivity index (χ0n) is 14.5. The third-order valence-corrected chi connectivity index (χ3v) is 4.40. The Morgan fingerprint density at radius 1 is 1.08 bits per heavy atom. The highest BCUT2D eigenvalue weighted by atomic mass is 16.5. The van der Waals surface area contributed by atoms with E-state index in [9.17, 15) is 9.90 Å². The minimum atomic E-state index is -0.631. The first kappa shape index (κ1) is 17.1. The van der Waals surface area contributed by atoms with Crippen LogP contribution in [0.1, 0.15) is 28.4 Å². The number of carbonyl (C=O) groups is 1. The summed E-state index contributed by atoms with van der Waals surface area (Å²) < 4.78 is 15.9. The number of methoxy groups -OCH3 is 3. The molecule has 0 saturated heterocycles. The number of ether oxygens (including phenoxy) is 3. The maximum atomic E-state index is 13.2. The van der Waals surface area contributed by atoms with Gasteiger partial charge in [0, 0.05) is 12.1 Å². The van der Waals surface area contributed by atoms with Gasteiger partial charge in [0.25, 0.3) is 5.91 Å². The molecule has 132 valence electrons. The summed E-state index contributed by atoms with van der Waals surface area (Å²) in [5.41, 5.74) is 1.70. The zero-order valence-corrected chi connectivity index (χ0v) is 14.5. The van der Waals surface area contributed by atoms with Crippen molar-refractivity contribution in [2.24, 2.45) is 0 Å². The lowest BCUT2D eigenvalue weighted by Crippen LogP contribution is -2.37. The van der Waals surface area contributed by atoms with Gasteiger partial charge in [-0.2, -0.15) is 0 Å². The zero-order chi connectivity index (χ0) is 18.0. The Kier molecular flexibility index (Phi) is 4.81. The molecule has 1 heterocycles. The average Bonchev–Trinajstić information content (AvgIpc) is 2.66. The number of benzene rings is 2. The molecule has 2 aromatic carbocycles. The van der Waals surface area contributed by atoms with Crippen molar-refractivity contribution in [2.75, 3.05) is 32.8 Å². The lowest BCUT2D eigenvalue weighted by molar-refractivity contribution is 0.0964. The molecule has 1 N–H and O–H groups in total. The first-order valence-corrected chi connectivity index (χ1v) is 7.99. The van der Waals surface area contributed by atoms with Crippen LogP contribution >= 0.6 is 0 Å². The maximum Gasteiger partial charge on any atom is 0.265 e. The fraction of sp³-hybridized carbons (Fsp3) is 0.316. The average molecular weight is 343 g/mol. The Hall–Kier alpha value is -2.73. The van der Waals surface area contributed by atoms with Crippen LogP contribution in [0.15, 0.2) is 36.4 Å². The molecule has 25 heavy (non-hydrogen) atoms. The van der Waals surface area contributed by atoms with Crippen LogP contribution in [0.2, 0.25) is 0 Å². The molecule has 6 heteroatoms. The van der Waals surface area contributed by atoms with Crippen LogP contribution in [0, 0.1) is 0 Å². The number of rotatable bonds is 4. The summed E-state index contributed by atoms with van der Waals surface area (Å²) in [6.45, 7) is 0.403. The van der Waals surface area contributed by atoms with Crippen LogP contribution in [0.3, 0.4) is 0 Å². The molecule has 6 nitrogen and oxygen atoms in total. The molecule has 0 spiro atoms. The lowest BCUT2D eigenvalue weighted by atomic mass is 9.97. The molecule has 0 radical (unpaired) electrons. The summed E-state index contributed by atoms with van der Waals surface area (Å²) in [6, 6.07) is 10.5. The Bertz CT molecular complexity index is 767. The molecule has 0 saturated carbocycles. The SMILES string of the molecule is COc1ccc2c(c1)C(O)CCN2C(=O)c1c(OC)cccc1OC. The minimum Gasteiger partial charge on any atom is -0.497 e. The van der Waals surface area contributed by atoms with E-state index in [4.69, 9.17) is 14.2 Å². The predicted molar refractivity (Wildman–Crippen MR) is 93.8 cm³/mol. The summed E-state index contributed by atoms with van der Waals surface area (Å²) in [6.07, 6.45) is -0.183. The van der Waals surface area contributed by atoms with Crippen molar-refractivity contribution in [1.29, 1.82) is 0 Å². The van der Waals surface area contributed by atoms with Crippen molar-refractivity contribution in [3.05, 3.63) is 47.5 Å². The molecule has 0 aromatic heterocycles. The summed E-state index contributed by atoms with van der Waals surface area (Å²) in [5, 5.41) is 10.3. The van der Waals surface area contributed by atoms with Gasteiger partial charge in [0.2, 0.25) is 0 Å². The van der Waals surface area contributed by atoms with Crippen LogP contribution in [-0.2, 0) is 0 Å². The maximum absolute atomic E-state index is 13.2. The summed E-state index contributed by atoms with van der Waals surface area (Å²) in [7, 11) is 4.61. The van der Waals surface area contributed by atoms with Gasteiger partial charge in [-0.1, -0.05) is 6.07 Å². The second kappa shape index (κ2) is 7.03. The highest BCUT2D eigenvalue weighted by Crippen LogP contribution is 2.39. The second-order valence-electron chi connectivity index (χ2n) is 5.72. The van der Waals surface area contributed by atoms with Crippen molar-refractivity contribution < 1.29 is 24.1 Å². The van der Waals surface area contributed by atoms with Crippen molar-refractivity contribution in [3.63, 3.8) is 0 Å². The van der Waals surface area contributed by atoms with Crippen molar-refractivity contribution in [3.8, 4) is 17.2 Å². The quantitative estimate of drug-likeness (QED) is 0.924. The second-order valence-corrected chi connectivity index (χ2v) is 5.72. The molecule has 1 unspecified atom stereocenters. The fourth-order valence-corrected chi connectivity index (χ4v) is 3.11. The smallest absolute Gasteiger partial charge is 0.265 e. The summed E-state index contributed by atoms with van der Waals surface area (Å²) in [5.74, 6) is 1.31. The lowest BCUT2D eigenvalue weighted by Gasteiger charge is -2.33. The van der Waals surface area contributed by atoms with Gasteiger partial charge in [0.05, 0.1) is 33.1 Å². The number of anilines is 1. The van der Waals surface area contributed by atoms with Crippen LogP contribution in [0.25, 0.3) is 0 Å². The highest BCUT2D eigenvalue weighted by molar-refractivity contribution is 6.10. The van der Waals surface area contributed by atoms with Gasteiger partial charge in [-0.05, 0) is 36.8 Å². The molecule has 0 bridgehead atoms. The van der Waals surface area contributed by atoms with Crippen molar-refractivity contribution >= 4 is 11.6 Å². The van der Waals surface area contributed by atoms with Crippen LogP contribution < -0.4 is 19.1 Å². The number of hydrogen-bond acceptors (Lipinski definition) is 5. The first-order chi connectivity index (χ1) is 12.1. The normalized spacial score (nSPS) is 16.2. The largest absolute Gasteiger partial charge is 0.497 e. The third-order valence-electron chi connectivity index (χ3n) is 4.40. The van der Waals surface area contributed by atoms with Gasteiger partial charge in [0.15, 0.2) is 0 Å². The van der Waals surface area contributed by atoms with E-state index in [1.54, 1.807) is 48.4 Å². The van der Waals surface area contributed by atoms with Crippen LogP contribution in [0.5, 0.6) is 17.2 Å². The number of aliphatic hydroxyl groups is 1.